The standard InChI is InChI=1S/C10H13FN2O2/c11-6-3-7-4-8(14)12-10(1-2-10)9(15)13(7)5-6/h6-7H,1-5H2,(H,12,14)/t6-,7+/m1/s1. The summed E-state index contributed by atoms with van der Waals surface area (Å²) in [6, 6.07) is -0.215. The van der Waals surface area contributed by atoms with Crippen LogP contribution in [0, 0.1) is 0 Å². The number of alkyl halides is 1. The van der Waals surface area contributed by atoms with Gasteiger partial charge in [-0.25, -0.2) is 4.39 Å². The second kappa shape index (κ2) is 2.71. The van der Waals surface area contributed by atoms with Crippen LogP contribution < -0.4 is 5.32 Å². The number of nitrogens with one attached hydrogen (secondary N) is 1. The first-order chi connectivity index (χ1) is 7.11. The van der Waals surface area contributed by atoms with Gasteiger partial charge in [-0.05, 0) is 12.8 Å². The first-order valence-electron chi connectivity index (χ1n) is 5.37. The van der Waals surface area contributed by atoms with E-state index < -0.39 is 11.7 Å². The third-order valence-corrected chi connectivity index (χ3v) is 3.58. The van der Waals surface area contributed by atoms with Crippen LogP contribution in [0.15, 0.2) is 0 Å². The van der Waals surface area contributed by atoms with E-state index in [-0.39, 0.29) is 30.8 Å². The van der Waals surface area contributed by atoms with Crippen molar-refractivity contribution in [3.63, 3.8) is 0 Å². The highest BCUT2D eigenvalue weighted by atomic mass is 19.1. The van der Waals surface area contributed by atoms with Crippen molar-refractivity contribution < 1.29 is 14.0 Å². The molecule has 0 aromatic rings. The Balaban J connectivity index is 1.92. The second-order valence-electron chi connectivity index (χ2n) is 4.78. The molecule has 0 unspecified atom stereocenters. The van der Waals surface area contributed by atoms with Gasteiger partial charge in [0, 0.05) is 18.9 Å². The Hall–Kier alpha value is -1.13. The number of fused-ring (bicyclic) bond motifs is 1. The van der Waals surface area contributed by atoms with Crippen LogP contribution in [0.4, 0.5) is 4.39 Å². The van der Waals surface area contributed by atoms with Gasteiger partial charge in [-0.1, -0.05) is 0 Å². The highest BCUT2D eigenvalue weighted by molar-refractivity contribution is 5.96. The van der Waals surface area contributed by atoms with Gasteiger partial charge in [0.05, 0.1) is 6.54 Å². The topological polar surface area (TPSA) is 49.4 Å². The molecule has 1 aliphatic carbocycles. The van der Waals surface area contributed by atoms with Crippen LogP contribution in [0.2, 0.25) is 0 Å². The van der Waals surface area contributed by atoms with E-state index in [1.165, 1.54) is 0 Å². The molecule has 3 aliphatic rings. The fourth-order valence-corrected chi connectivity index (χ4v) is 2.63. The fourth-order valence-electron chi connectivity index (χ4n) is 2.63. The molecule has 0 radical (unpaired) electrons. The molecule has 1 N–H and O–H groups in total. The van der Waals surface area contributed by atoms with Crippen LogP contribution in [0.1, 0.15) is 25.7 Å². The molecular weight excluding hydrogens is 199 g/mol. The predicted octanol–water partition coefficient (Wildman–Crippen LogP) is -0.0221. The largest absolute Gasteiger partial charge is 0.342 e. The Morgan fingerprint density at radius 2 is 2.13 bits per heavy atom. The molecule has 2 amide bonds. The van der Waals surface area contributed by atoms with E-state index in [9.17, 15) is 14.0 Å². The van der Waals surface area contributed by atoms with Crippen molar-refractivity contribution in [3.05, 3.63) is 0 Å². The SMILES string of the molecule is O=C1C[C@@H]2C[C@@H](F)CN2C(=O)C2(CC2)N1. The average Bonchev–Trinajstić information content (AvgIpc) is 2.85. The maximum atomic E-state index is 13.2. The van der Waals surface area contributed by atoms with Gasteiger partial charge in [-0.3, -0.25) is 9.59 Å². The lowest BCUT2D eigenvalue weighted by atomic mass is 10.1. The number of rotatable bonds is 0. The van der Waals surface area contributed by atoms with E-state index in [1.54, 1.807) is 4.90 Å². The van der Waals surface area contributed by atoms with Crippen LogP contribution in [0.3, 0.4) is 0 Å². The smallest absolute Gasteiger partial charge is 0.248 e. The molecule has 2 heterocycles. The summed E-state index contributed by atoms with van der Waals surface area (Å²) in [4.78, 5) is 25.1. The highest BCUT2D eigenvalue weighted by Gasteiger charge is 2.57. The predicted molar refractivity (Wildman–Crippen MR) is 49.7 cm³/mol. The van der Waals surface area contributed by atoms with Crippen molar-refractivity contribution in [1.82, 2.24) is 10.2 Å². The minimum absolute atomic E-state index is 0.0708. The Bertz CT molecular complexity index is 340. The average molecular weight is 212 g/mol. The number of carbonyl (C=O) groups excluding carboxylic acids is 2. The first-order valence-corrected chi connectivity index (χ1v) is 5.37. The molecule has 3 fully saturated rings. The summed E-state index contributed by atoms with van der Waals surface area (Å²) in [5.74, 6) is -0.180. The Morgan fingerprint density at radius 3 is 2.80 bits per heavy atom. The number of amides is 2. The molecule has 4 nitrogen and oxygen atoms in total. The van der Waals surface area contributed by atoms with Crippen molar-refractivity contribution in [2.24, 2.45) is 0 Å². The lowest BCUT2D eigenvalue weighted by molar-refractivity contribution is -0.135. The van der Waals surface area contributed by atoms with Crippen LogP contribution in [-0.4, -0.2) is 41.0 Å². The summed E-state index contributed by atoms with van der Waals surface area (Å²) in [6.45, 7) is 0.167. The zero-order valence-corrected chi connectivity index (χ0v) is 8.33. The Labute approximate surface area is 86.8 Å². The van der Waals surface area contributed by atoms with Crippen LogP contribution in [0.25, 0.3) is 0 Å². The van der Waals surface area contributed by atoms with Crippen molar-refractivity contribution >= 4 is 11.8 Å². The third-order valence-electron chi connectivity index (χ3n) is 3.58. The third kappa shape index (κ3) is 1.25. The van der Waals surface area contributed by atoms with E-state index in [4.69, 9.17) is 0 Å². The van der Waals surface area contributed by atoms with Gasteiger partial charge in [0.1, 0.15) is 11.7 Å². The number of hydrogen-bond acceptors (Lipinski definition) is 2. The molecule has 0 aromatic heterocycles. The van der Waals surface area contributed by atoms with Gasteiger partial charge >= 0.3 is 0 Å². The van der Waals surface area contributed by atoms with Gasteiger partial charge in [0.15, 0.2) is 0 Å². The highest BCUT2D eigenvalue weighted by Crippen LogP contribution is 2.41. The normalized spacial score (nSPS) is 37.5. The van der Waals surface area contributed by atoms with Crippen molar-refractivity contribution in [3.8, 4) is 0 Å². The minimum Gasteiger partial charge on any atom is -0.342 e. The fraction of sp³-hybridized carbons (Fsp3) is 0.800. The quantitative estimate of drug-likeness (QED) is 0.613. The number of hydrogen-bond donors (Lipinski definition) is 1. The molecule has 0 bridgehead atoms. The summed E-state index contributed by atoms with van der Waals surface area (Å²) >= 11 is 0. The number of carbonyl (C=O) groups is 2. The minimum atomic E-state index is -0.958. The van der Waals surface area contributed by atoms with Crippen molar-refractivity contribution in [1.29, 1.82) is 0 Å². The van der Waals surface area contributed by atoms with Crippen LogP contribution in [-0.2, 0) is 9.59 Å². The van der Waals surface area contributed by atoms with E-state index >= 15 is 0 Å². The summed E-state index contributed by atoms with van der Waals surface area (Å²) in [7, 11) is 0. The summed E-state index contributed by atoms with van der Waals surface area (Å²) in [5.41, 5.74) is -0.657. The number of halogens is 1. The molecule has 15 heavy (non-hydrogen) atoms. The van der Waals surface area contributed by atoms with Gasteiger partial charge < -0.3 is 10.2 Å². The second-order valence-corrected chi connectivity index (χ2v) is 4.78. The first kappa shape index (κ1) is 9.12. The molecule has 1 saturated carbocycles. The Morgan fingerprint density at radius 1 is 1.40 bits per heavy atom. The molecule has 0 aromatic carbocycles. The van der Waals surface area contributed by atoms with E-state index in [1.807, 2.05) is 0 Å². The summed E-state index contributed by atoms with van der Waals surface area (Å²) in [5, 5.41) is 2.77. The Kier molecular flexibility index (Phi) is 1.65. The zero-order chi connectivity index (χ0) is 10.6. The summed E-state index contributed by atoms with van der Waals surface area (Å²) in [6.07, 6.45) is 1.03. The molecule has 5 heteroatoms. The van der Waals surface area contributed by atoms with Gasteiger partial charge in [-0.15, -0.1) is 0 Å². The molecule has 2 aliphatic heterocycles. The van der Waals surface area contributed by atoms with Crippen molar-refractivity contribution in [2.45, 2.75) is 43.4 Å². The van der Waals surface area contributed by atoms with E-state index in [0.717, 1.165) is 0 Å². The monoisotopic (exact) mass is 212 g/mol. The zero-order valence-electron chi connectivity index (χ0n) is 8.33. The van der Waals surface area contributed by atoms with Gasteiger partial charge in [0.25, 0.3) is 0 Å². The number of nitrogens with zero attached hydrogens (tertiary/aromatic N) is 1. The maximum Gasteiger partial charge on any atom is 0.248 e. The lowest BCUT2D eigenvalue weighted by Gasteiger charge is -2.23. The molecular formula is C10H13FN2O2. The molecule has 3 rings (SSSR count). The van der Waals surface area contributed by atoms with E-state index in [0.29, 0.717) is 19.3 Å². The lowest BCUT2D eigenvalue weighted by Crippen LogP contribution is -2.47. The molecule has 2 saturated heterocycles. The van der Waals surface area contributed by atoms with Crippen molar-refractivity contribution in [2.75, 3.05) is 6.54 Å². The van der Waals surface area contributed by atoms with Crippen LogP contribution >= 0.6 is 0 Å². The van der Waals surface area contributed by atoms with E-state index in [2.05, 4.69) is 5.32 Å². The van der Waals surface area contributed by atoms with Gasteiger partial charge in [-0.2, -0.15) is 0 Å². The molecule has 2 atom stereocenters. The molecule has 82 valence electrons. The maximum absolute atomic E-state index is 13.2. The van der Waals surface area contributed by atoms with Gasteiger partial charge in [0.2, 0.25) is 11.8 Å². The van der Waals surface area contributed by atoms with Crippen LogP contribution in [0.5, 0.6) is 0 Å². The summed E-state index contributed by atoms with van der Waals surface area (Å²) < 4.78 is 13.2. The molecule has 1 spiro atoms.